The van der Waals surface area contributed by atoms with Crippen LogP contribution in [0.15, 0.2) is 48.5 Å². The molecule has 0 radical (unpaired) electrons. The van der Waals surface area contributed by atoms with Crippen LogP contribution in [0.5, 0.6) is 5.75 Å². The number of hydrogen-bond donors (Lipinski definition) is 2. The van der Waals surface area contributed by atoms with Crippen molar-refractivity contribution in [2.45, 2.75) is 57.3 Å². The average molecular weight is 417 g/mol. The number of hydrogen-bond acceptors (Lipinski definition) is 4. The topological polar surface area (TPSA) is 84.5 Å². The Hall–Kier alpha value is -2.54. The molecule has 0 heterocycles. The SMILES string of the molecule is CC(C)S(=O)(=O)Nc1ccc(C(=O)Nc2ccc(OC3CCCCC3)cc2)cc1. The van der Waals surface area contributed by atoms with Gasteiger partial charge in [-0.15, -0.1) is 0 Å². The minimum Gasteiger partial charge on any atom is -0.490 e. The number of carbonyl (C=O) groups excluding carboxylic acids is 1. The molecule has 2 aromatic carbocycles. The average Bonchev–Trinajstić information content (AvgIpc) is 2.70. The van der Waals surface area contributed by atoms with Crippen LogP contribution in [0.1, 0.15) is 56.3 Å². The smallest absolute Gasteiger partial charge is 0.255 e. The summed E-state index contributed by atoms with van der Waals surface area (Å²) in [4.78, 5) is 12.4. The maximum absolute atomic E-state index is 12.4. The first kappa shape index (κ1) is 21.2. The normalized spacial score (nSPS) is 15.1. The van der Waals surface area contributed by atoms with Crippen LogP contribution in [-0.2, 0) is 10.0 Å². The predicted octanol–water partition coefficient (Wildman–Crippen LogP) is 4.80. The van der Waals surface area contributed by atoms with E-state index in [1.165, 1.54) is 19.3 Å². The number of amides is 1. The number of carbonyl (C=O) groups is 1. The van der Waals surface area contributed by atoms with E-state index in [-0.39, 0.29) is 12.0 Å². The van der Waals surface area contributed by atoms with Gasteiger partial charge in [-0.2, -0.15) is 0 Å². The van der Waals surface area contributed by atoms with Gasteiger partial charge in [-0.1, -0.05) is 6.42 Å². The van der Waals surface area contributed by atoms with Crippen molar-refractivity contribution in [1.29, 1.82) is 0 Å². The summed E-state index contributed by atoms with van der Waals surface area (Å²) >= 11 is 0. The molecule has 0 aliphatic heterocycles. The molecule has 1 aliphatic rings. The van der Waals surface area contributed by atoms with Gasteiger partial charge in [0.2, 0.25) is 10.0 Å². The first-order chi connectivity index (χ1) is 13.8. The van der Waals surface area contributed by atoms with Crippen molar-refractivity contribution in [1.82, 2.24) is 0 Å². The van der Waals surface area contributed by atoms with Crippen molar-refractivity contribution in [3.05, 3.63) is 54.1 Å². The van der Waals surface area contributed by atoms with E-state index in [2.05, 4.69) is 10.0 Å². The van der Waals surface area contributed by atoms with Crippen LogP contribution in [0.2, 0.25) is 0 Å². The van der Waals surface area contributed by atoms with Crippen molar-refractivity contribution in [2.75, 3.05) is 10.0 Å². The fourth-order valence-electron chi connectivity index (χ4n) is 3.17. The molecule has 0 bridgehead atoms. The van der Waals surface area contributed by atoms with E-state index in [0.29, 0.717) is 16.9 Å². The summed E-state index contributed by atoms with van der Waals surface area (Å²) in [5.74, 6) is 0.556. The number of ether oxygens (including phenoxy) is 1. The van der Waals surface area contributed by atoms with Crippen LogP contribution < -0.4 is 14.8 Å². The van der Waals surface area contributed by atoms with E-state index in [9.17, 15) is 13.2 Å². The van der Waals surface area contributed by atoms with Crippen molar-refractivity contribution >= 4 is 27.3 Å². The number of benzene rings is 2. The zero-order valence-electron chi connectivity index (χ0n) is 16.9. The minimum absolute atomic E-state index is 0.260. The highest BCUT2D eigenvalue weighted by Crippen LogP contribution is 2.24. The third-order valence-corrected chi connectivity index (χ3v) is 6.76. The van der Waals surface area contributed by atoms with E-state index in [4.69, 9.17) is 4.74 Å². The second kappa shape index (κ2) is 9.31. The minimum atomic E-state index is -3.41. The Labute approximate surface area is 172 Å². The van der Waals surface area contributed by atoms with Crippen molar-refractivity contribution in [2.24, 2.45) is 0 Å². The van der Waals surface area contributed by atoms with E-state index >= 15 is 0 Å². The maximum Gasteiger partial charge on any atom is 0.255 e. The van der Waals surface area contributed by atoms with Crippen LogP contribution in [0.25, 0.3) is 0 Å². The molecule has 0 spiro atoms. The zero-order valence-corrected chi connectivity index (χ0v) is 17.7. The maximum atomic E-state index is 12.4. The molecule has 1 fully saturated rings. The summed E-state index contributed by atoms with van der Waals surface area (Å²) in [5, 5.41) is 2.31. The molecule has 29 heavy (non-hydrogen) atoms. The number of sulfonamides is 1. The van der Waals surface area contributed by atoms with Crippen LogP contribution in [-0.4, -0.2) is 25.7 Å². The van der Waals surface area contributed by atoms with Gasteiger partial charge in [-0.3, -0.25) is 9.52 Å². The lowest BCUT2D eigenvalue weighted by molar-refractivity contribution is 0.102. The molecule has 0 saturated heterocycles. The number of anilines is 2. The Morgan fingerprint density at radius 3 is 2.10 bits per heavy atom. The molecular formula is C22H28N2O4S. The van der Waals surface area contributed by atoms with Crippen LogP contribution in [0.4, 0.5) is 11.4 Å². The molecule has 1 saturated carbocycles. The fourth-order valence-corrected chi connectivity index (χ4v) is 3.87. The Bertz CT molecular complexity index is 916. The van der Waals surface area contributed by atoms with E-state index in [1.807, 2.05) is 24.3 Å². The van der Waals surface area contributed by atoms with Crippen molar-refractivity contribution in [3.63, 3.8) is 0 Å². The van der Waals surface area contributed by atoms with Crippen LogP contribution in [0.3, 0.4) is 0 Å². The lowest BCUT2D eigenvalue weighted by Gasteiger charge is -2.23. The van der Waals surface area contributed by atoms with Gasteiger partial charge in [0.05, 0.1) is 11.4 Å². The summed E-state index contributed by atoms with van der Waals surface area (Å²) in [6.45, 7) is 3.21. The highest BCUT2D eigenvalue weighted by Gasteiger charge is 2.16. The molecule has 2 N–H and O–H groups in total. The second-order valence-corrected chi connectivity index (χ2v) is 9.87. The third kappa shape index (κ3) is 5.97. The van der Waals surface area contributed by atoms with Gasteiger partial charge in [-0.25, -0.2) is 8.42 Å². The van der Waals surface area contributed by atoms with Gasteiger partial charge in [-0.05, 0) is 88.1 Å². The summed E-state index contributed by atoms with van der Waals surface area (Å²) in [6, 6.07) is 13.7. The summed E-state index contributed by atoms with van der Waals surface area (Å²) < 4.78 is 32.3. The van der Waals surface area contributed by atoms with Gasteiger partial charge < -0.3 is 10.1 Å². The summed E-state index contributed by atoms with van der Waals surface area (Å²) in [5.41, 5.74) is 1.55. The molecule has 0 unspecified atom stereocenters. The molecule has 6 nitrogen and oxygen atoms in total. The Morgan fingerprint density at radius 1 is 0.931 bits per heavy atom. The lowest BCUT2D eigenvalue weighted by atomic mass is 9.98. The summed E-state index contributed by atoms with van der Waals surface area (Å²) in [7, 11) is -3.41. The number of nitrogens with one attached hydrogen (secondary N) is 2. The van der Waals surface area contributed by atoms with Gasteiger partial charge in [0, 0.05) is 16.9 Å². The van der Waals surface area contributed by atoms with Crippen molar-refractivity contribution in [3.8, 4) is 5.75 Å². The van der Waals surface area contributed by atoms with Gasteiger partial charge >= 0.3 is 0 Å². The first-order valence-electron chi connectivity index (χ1n) is 10.0. The Balaban J connectivity index is 1.57. The molecule has 0 atom stereocenters. The molecule has 3 rings (SSSR count). The van der Waals surface area contributed by atoms with Crippen LogP contribution in [0, 0.1) is 0 Å². The molecule has 7 heteroatoms. The first-order valence-corrected chi connectivity index (χ1v) is 11.6. The highest BCUT2D eigenvalue weighted by molar-refractivity contribution is 7.93. The largest absolute Gasteiger partial charge is 0.490 e. The third-order valence-electron chi connectivity index (χ3n) is 4.99. The Kier molecular flexibility index (Phi) is 6.79. The van der Waals surface area contributed by atoms with E-state index in [1.54, 1.807) is 38.1 Å². The fraction of sp³-hybridized carbons (Fsp3) is 0.409. The lowest BCUT2D eigenvalue weighted by Crippen LogP contribution is -2.22. The van der Waals surface area contributed by atoms with Crippen LogP contribution >= 0.6 is 0 Å². The van der Waals surface area contributed by atoms with Crippen molar-refractivity contribution < 1.29 is 17.9 Å². The van der Waals surface area contributed by atoms with Gasteiger partial charge in [0.15, 0.2) is 0 Å². The molecule has 156 valence electrons. The highest BCUT2D eigenvalue weighted by atomic mass is 32.2. The molecule has 1 amide bonds. The van der Waals surface area contributed by atoms with E-state index in [0.717, 1.165) is 18.6 Å². The quantitative estimate of drug-likeness (QED) is 0.679. The predicted molar refractivity (Wildman–Crippen MR) is 116 cm³/mol. The standard InChI is InChI=1S/C22H28N2O4S/c1-16(2)29(26,27)24-19-10-8-17(9-11-19)22(25)23-18-12-14-21(15-13-18)28-20-6-4-3-5-7-20/h8-16,20,24H,3-7H2,1-2H3,(H,23,25). The Morgan fingerprint density at radius 2 is 1.52 bits per heavy atom. The molecule has 1 aliphatic carbocycles. The van der Waals surface area contributed by atoms with E-state index < -0.39 is 15.3 Å². The number of rotatable bonds is 7. The van der Waals surface area contributed by atoms with Gasteiger partial charge in [0.25, 0.3) is 5.91 Å². The molecule has 2 aromatic rings. The van der Waals surface area contributed by atoms with Gasteiger partial charge in [0.1, 0.15) is 5.75 Å². The summed E-state index contributed by atoms with van der Waals surface area (Å²) in [6.07, 6.45) is 6.21. The zero-order chi connectivity index (χ0) is 20.9. The molecule has 0 aromatic heterocycles. The molecular weight excluding hydrogens is 388 g/mol. The monoisotopic (exact) mass is 416 g/mol. The second-order valence-electron chi connectivity index (χ2n) is 7.63.